The van der Waals surface area contributed by atoms with E-state index in [1.165, 1.54) is 0 Å². The second kappa shape index (κ2) is 3.61. The van der Waals surface area contributed by atoms with E-state index in [4.69, 9.17) is 4.74 Å². The van der Waals surface area contributed by atoms with Gasteiger partial charge in [0.05, 0.1) is 12.2 Å². The lowest BCUT2D eigenvalue weighted by Gasteiger charge is -2.15. The first kappa shape index (κ1) is 9.52. The highest BCUT2D eigenvalue weighted by molar-refractivity contribution is 9.10. The first-order valence-electron chi connectivity index (χ1n) is 4.39. The number of anilines is 1. The molecule has 1 aromatic carbocycles. The summed E-state index contributed by atoms with van der Waals surface area (Å²) in [7, 11) is 0. The zero-order chi connectivity index (χ0) is 10.1. The molecule has 0 aliphatic carbocycles. The number of nitrogens with zero attached hydrogens (tertiary/aromatic N) is 1. The van der Waals surface area contributed by atoms with E-state index in [0.717, 1.165) is 15.7 Å². The van der Waals surface area contributed by atoms with Crippen LogP contribution in [0.3, 0.4) is 0 Å². The molecule has 0 aromatic heterocycles. The molecule has 0 N–H and O–H groups in total. The molecule has 1 saturated heterocycles. The van der Waals surface area contributed by atoms with Crippen LogP contribution in [0.4, 0.5) is 10.5 Å². The summed E-state index contributed by atoms with van der Waals surface area (Å²) >= 11 is 3.39. The number of ether oxygens (including phenoxy) is 1. The molecule has 0 atom stereocenters. The van der Waals surface area contributed by atoms with Crippen molar-refractivity contribution in [2.24, 2.45) is 0 Å². The maximum Gasteiger partial charge on any atom is 0.414 e. The molecule has 0 unspecified atom stereocenters. The van der Waals surface area contributed by atoms with Crippen molar-refractivity contribution >= 4 is 27.7 Å². The van der Waals surface area contributed by atoms with E-state index in [9.17, 15) is 4.79 Å². The normalized spacial score (nSPS) is 15.9. The Balaban J connectivity index is 2.36. The van der Waals surface area contributed by atoms with Gasteiger partial charge in [-0.1, -0.05) is 15.9 Å². The fourth-order valence-corrected chi connectivity index (χ4v) is 2.01. The van der Waals surface area contributed by atoms with Crippen molar-refractivity contribution in [3.05, 3.63) is 28.2 Å². The topological polar surface area (TPSA) is 29.5 Å². The first-order valence-corrected chi connectivity index (χ1v) is 5.18. The predicted octanol–water partition coefficient (Wildman–Crippen LogP) is 2.71. The van der Waals surface area contributed by atoms with Crippen LogP contribution in [-0.2, 0) is 4.74 Å². The lowest BCUT2D eigenvalue weighted by atomic mass is 10.2. The highest BCUT2D eigenvalue weighted by Crippen LogP contribution is 2.25. The van der Waals surface area contributed by atoms with E-state index < -0.39 is 0 Å². The van der Waals surface area contributed by atoms with Crippen LogP contribution in [-0.4, -0.2) is 19.2 Å². The summed E-state index contributed by atoms with van der Waals surface area (Å²) in [4.78, 5) is 13.0. The minimum absolute atomic E-state index is 0.254. The van der Waals surface area contributed by atoms with Gasteiger partial charge < -0.3 is 4.74 Å². The van der Waals surface area contributed by atoms with Gasteiger partial charge in [0.2, 0.25) is 0 Å². The summed E-state index contributed by atoms with van der Waals surface area (Å²) in [6.07, 6.45) is -0.254. The second-order valence-corrected chi connectivity index (χ2v) is 4.11. The molecule has 1 amide bonds. The van der Waals surface area contributed by atoms with Gasteiger partial charge in [0.25, 0.3) is 0 Å². The number of amides is 1. The number of carbonyl (C=O) groups is 1. The number of halogens is 1. The van der Waals surface area contributed by atoms with Gasteiger partial charge in [0.1, 0.15) is 6.61 Å². The third-order valence-corrected chi connectivity index (χ3v) is 2.70. The monoisotopic (exact) mass is 255 g/mol. The maximum atomic E-state index is 11.3. The van der Waals surface area contributed by atoms with Crippen molar-refractivity contribution in [2.45, 2.75) is 6.92 Å². The molecule has 4 heteroatoms. The average Bonchev–Trinajstić information content (AvgIpc) is 2.52. The van der Waals surface area contributed by atoms with Crippen molar-refractivity contribution in [3.8, 4) is 0 Å². The smallest absolute Gasteiger partial charge is 0.414 e. The van der Waals surface area contributed by atoms with Crippen LogP contribution in [0.5, 0.6) is 0 Å². The van der Waals surface area contributed by atoms with Crippen molar-refractivity contribution in [1.82, 2.24) is 0 Å². The largest absolute Gasteiger partial charge is 0.447 e. The lowest BCUT2D eigenvalue weighted by molar-refractivity contribution is 0.181. The number of cyclic esters (lactones) is 1. The Hall–Kier alpha value is -1.03. The molecule has 0 radical (unpaired) electrons. The van der Waals surface area contributed by atoms with Gasteiger partial charge in [-0.2, -0.15) is 0 Å². The SMILES string of the molecule is Cc1cc(Br)ccc1N1CCOC1=O. The molecule has 0 bridgehead atoms. The molecule has 0 spiro atoms. The number of benzene rings is 1. The summed E-state index contributed by atoms with van der Waals surface area (Å²) in [5.74, 6) is 0. The number of rotatable bonds is 1. The molecule has 1 aliphatic rings. The Kier molecular flexibility index (Phi) is 2.46. The molecular formula is C10H10BrNO2. The number of carbonyl (C=O) groups excluding carboxylic acids is 1. The van der Waals surface area contributed by atoms with Crippen LogP contribution in [0.25, 0.3) is 0 Å². The molecule has 2 rings (SSSR count). The van der Waals surface area contributed by atoms with Gasteiger partial charge in [-0.25, -0.2) is 4.79 Å². The maximum absolute atomic E-state index is 11.3. The van der Waals surface area contributed by atoms with E-state index >= 15 is 0 Å². The van der Waals surface area contributed by atoms with E-state index in [1.54, 1.807) is 4.90 Å². The Labute approximate surface area is 90.8 Å². The molecule has 1 heterocycles. The van der Waals surface area contributed by atoms with E-state index in [1.807, 2.05) is 25.1 Å². The average molecular weight is 256 g/mol. The fourth-order valence-electron chi connectivity index (χ4n) is 1.53. The third kappa shape index (κ3) is 1.62. The molecule has 1 fully saturated rings. The zero-order valence-corrected chi connectivity index (χ0v) is 9.37. The Morgan fingerprint density at radius 1 is 1.50 bits per heavy atom. The van der Waals surface area contributed by atoms with E-state index in [0.29, 0.717) is 13.2 Å². The third-order valence-electron chi connectivity index (χ3n) is 2.21. The van der Waals surface area contributed by atoms with Crippen LogP contribution in [0.1, 0.15) is 5.56 Å². The number of aryl methyl sites for hydroxylation is 1. The quantitative estimate of drug-likeness (QED) is 0.773. The Morgan fingerprint density at radius 2 is 2.29 bits per heavy atom. The van der Waals surface area contributed by atoms with Crippen molar-refractivity contribution < 1.29 is 9.53 Å². The van der Waals surface area contributed by atoms with Gasteiger partial charge in [-0.05, 0) is 30.7 Å². The minimum atomic E-state index is -0.254. The Morgan fingerprint density at radius 3 is 2.86 bits per heavy atom. The van der Waals surface area contributed by atoms with Crippen molar-refractivity contribution in [3.63, 3.8) is 0 Å². The van der Waals surface area contributed by atoms with Crippen LogP contribution in [0.2, 0.25) is 0 Å². The van der Waals surface area contributed by atoms with Crippen LogP contribution >= 0.6 is 15.9 Å². The molecule has 0 saturated carbocycles. The number of hydrogen-bond donors (Lipinski definition) is 0. The summed E-state index contributed by atoms with van der Waals surface area (Å²) in [5.41, 5.74) is 1.99. The highest BCUT2D eigenvalue weighted by Gasteiger charge is 2.24. The fraction of sp³-hybridized carbons (Fsp3) is 0.300. The molecule has 74 valence electrons. The van der Waals surface area contributed by atoms with Crippen LogP contribution in [0, 0.1) is 6.92 Å². The van der Waals surface area contributed by atoms with E-state index in [2.05, 4.69) is 15.9 Å². The van der Waals surface area contributed by atoms with Crippen LogP contribution in [0.15, 0.2) is 22.7 Å². The molecule has 14 heavy (non-hydrogen) atoms. The van der Waals surface area contributed by atoms with Gasteiger partial charge in [0, 0.05) is 4.47 Å². The van der Waals surface area contributed by atoms with Crippen molar-refractivity contribution in [1.29, 1.82) is 0 Å². The molecular weight excluding hydrogens is 246 g/mol. The Bertz CT molecular complexity index is 378. The molecule has 1 aliphatic heterocycles. The van der Waals surface area contributed by atoms with Gasteiger partial charge >= 0.3 is 6.09 Å². The number of hydrogen-bond acceptors (Lipinski definition) is 2. The highest BCUT2D eigenvalue weighted by atomic mass is 79.9. The minimum Gasteiger partial charge on any atom is -0.447 e. The molecule has 1 aromatic rings. The second-order valence-electron chi connectivity index (χ2n) is 3.20. The summed E-state index contributed by atoms with van der Waals surface area (Å²) in [5, 5.41) is 0. The van der Waals surface area contributed by atoms with Crippen LogP contribution < -0.4 is 4.90 Å². The summed E-state index contributed by atoms with van der Waals surface area (Å²) in [6.45, 7) is 3.10. The summed E-state index contributed by atoms with van der Waals surface area (Å²) < 4.78 is 5.90. The predicted molar refractivity (Wildman–Crippen MR) is 57.6 cm³/mol. The molecule has 3 nitrogen and oxygen atoms in total. The van der Waals surface area contributed by atoms with Gasteiger partial charge in [-0.3, -0.25) is 4.90 Å². The zero-order valence-electron chi connectivity index (χ0n) is 7.79. The lowest BCUT2D eigenvalue weighted by Crippen LogP contribution is -2.24. The van der Waals surface area contributed by atoms with Crippen molar-refractivity contribution in [2.75, 3.05) is 18.1 Å². The summed E-state index contributed by atoms with van der Waals surface area (Å²) in [6, 6.07) is 5.83. The first-order chi connectivity index (χ1) is 6.68. The van der Waals surface area contributed by atoms with Gasteiger partial charge in [-0.15, -0.1) is 0 Å². The van der Waals surface area contributed by atoms with Gasteiger partial charge in [0.15, 0.2) is 0 Å². The van der Waals surface area contributed by atoms with E-state index in [-0.39, 0.29) is 6.09 Å². The standard InChI is InChI=1S/C10H10BrNO2/c1-7-6-8(11)2-3-9(7)12-4-5-14-10(12)13/h2-3,6H,4-5H2,1H3.